The largest absolute Gasteiger partial charge is 0.460 e. The van der Waals surface area contributed by atoms with Gasteiger partial charge in [-0.15, -0.1) is 0 Å². The molecule has 42 heteroatoms. The number of carbonyl (C=O) groups excluding carboxylic acids is 4. The van der Waals surface area contributed by atoms with Gasteiger partial charge in [-0.3, -0.25) is 9.59 Å². The number of carbonyl (C=O) groups is 4. The maximum atomic E-state index is 14.4. The molecule has 0 N–H and O–H groups in total. The highest BCUT2D eigenvalue weighted by molar-refractivity contribution is 5.91. The third-order valence-electron chi connectivity index (χ3n) is 8.39. The summed E-state index contributed by atoms with van der Waals surface area (Å²) >= 11 is 0. The Balaban J connectivity index is 6.48. The van der Waals surface area contributed by atoms with Crippen LogP contribution in [0.3, 0.4) is 0 Å². The Labute approximate surface area is 371 Å². The topological polar surface area (TPSA) is 105 Å². The SMILES string of the molecule is CC(=O)OC(COC(=O)/C=C\C(=O)OCC(CC(F)(F)C(F)(F)C(F)(F)C(F)(F)C(F)(F)C(F)(F)C(F)(F)C(F)(F)F)OC(C)=O)CC(F)(F)C(F)(F)C(F)(F)C(F)(F)C(F)(F)C(F)(F)C(F)(F)C(F)(F)F. The molecule has 2 atom stereocenters. The molecule has 0 aromatic heterocycles. The van der Waals surface area contributed by atoms with Gasteiger partial charge in [0.25, 0.3) is 0 Å². The van der Waals surface area contributed by atoms with Crippen LogP contribution in [0.15, 0.2) is 12.2 Å². The lowest BCUT2D eigenvalue weighted by Gasteiger charge is -2.43. The first-order chi connectivity index (χ1) is 31.1. The molecule has 0 spiro atoms. The van der Waals surface area contributed by atoms with Crippen LogP contribution in [0, 0.1) is 0 Å². The second-order valence-corrected chi connectivity index (χ2v) is 13.8. The minimum atomic E-state index is -9.05. The zero-order valence-corrected chi connectivity index (χ0v) is 33.3. The number of hydrogen-bond donors (Lipinski definition) is 0. The highest BCUT2D eigenvalue weighted by Crippen LogP contribution is 2.66. The maximum absolute atomic E-state index is 14.4. The molecule has 0 heterocycles. The van der Waals surface area contributed by atoms with Crippen LogP contribution in [0.4, 0.5) is 149 Å². The Morgan fingerprint density at radius 1 is 0.319 bits per heavy atom. The number of esters is 4. The zero-order chi connectivity index (χ0) is 58.5. The molecular weight excluding hydrogens is 1130 g/mol. The Morgan fingerprint density at radius 3 is 0.681 bits per heavy atom. The van der Waals surface area contributed by atoms with E-state index in [1.807, 2.05) is 0 Å². The van der Waals surface area contributed by atoms with Crippen molar-refractivity contribution >= 4 is 23.9 Å². The first-order valence-electron chi connectivity index (χ1n) is 16.9. The van der Waals surface area contributed by atoms with Gasteiger partial charge in [-0.05, 0) is 0 Å². The van der Waals surface area contributed by atoms with E-state index in [4.69, 9.17) is 0 Å². The molecule has 0 aromatic carbocycles. The fraction of sp³-hybridized carbons (Fsp3) is 0.800. The normalized spacial score (nSPS) is 16.3. The van der Waals surface area contributed by atoms with Crippen LogP contribution >= 0.6 is 0 Å². The first-order valence-corrected chi connectivity index (χ1v) is 16.9. The highest BCUT2D eigenvalue weighted by atomic mass is 19.4. The van der Waals surface area contributed by atoms with Crippen LogP contribution in [0.1, 0.15) is 26.7 Å². The molecule has 0 bridgehead atoms. The third-order valence-corrected chi connectivity index (χ3v) is 8.39. The summed E-state index contributed by atoms with van der Waals surface area (Å²) in [6, 6.07) is 0. The minimum absolute atomic E-state index is 0.0419. The Hall–Kier alpha value is -4.76. The number of rotatable bonds is 24. The Morgan fingerprint density at radius 2 is 0.500 bits per heavy atom. The zero-order valence-electron chi connectivity index (χ0n) is 33.3. The van der Waals surface area contributed by atoms with Gasteiger partial charge in [0.15, 0.2) is 0 Å². The van der Waals surface area contributed by atoms with E-state index >= 15 is 0 Å². The fourth-order valence-corrected chi connectivity index (χ4v) is 4.54. The van der Waals surface area contributed by atoms with Gasteiger partial charge in [-0.2, -0.15) is 149 Å². The summed E-state index contributed by atoms with van der Waals surface area (Å²) in [5, 5.41) is 0. The van der Waals surface area contributed by atoms with Crippen LogP contribution < -0.4 is 0 Å². The maximum Gasteiger partial charge on any atom is 0.460 e. The molecule has 0 aliphatic rings. The van der Waals surface area contributed by atoms with Gasteiger partial charge < -0.3 is 18.9 Å². The summed E-state index contributed by atoms with van der Waals surface area (Å²) in [6.07, 6.45) is -31.4. The molecule has 0 radical (unpaired) electrons. The lowest BCUT2D eigenvalue weighted by molar-refractivity contribution is -0.462. The Bertz CT molecular complexity index is 1850. The van der Waals surface area contributed by atoms with Crippen molar-refractivity contribution < 1.29 is 187 Å². The van der Waals surface area contributed by atoms with Gasteiger partial charge in [0, 0.05) is 26.0 Å². The third kappa shape index (κ3) is 11.3. The van der Waals surface area contributed by atoms with E-state index in [9.17, 15) is 168 Å². The molecule has 0 aliphatic carbocycles. The van der Waals surface area contributed by atoms with E-state index in [0.29, 0.717) is 0 Å². The lowest BCUT2D eigenvalue weighted by Crippen LogP contribution is -2.74. The molecule has 0 amide bonds. The molecule has 0 saturated heterocycles. The van der Waals surface area contributed by atoms with E-state index in [1.165, 1.54) is 0 Å². The molecule has 0 fully saturated rings. The van der Waals surface area contributed by atoms with Gasteiger partial charge in [-0.1, -0.05) is 0 Å². The number of halogens is 34. The predicted molar refractivity (Wildman–Crippen MR) is 153 cm³/mol. The fourth-order valence-electron chi connectivity index (χ4n) is 4.54. The summed E-state index contributed by atoms with van der Waals surface area (Å²) in [5.41, 5.74) is 0. The second-order valence-electron chi connectivity index (χ2n) is 13.8. The minimum Gasteiger partial charge on any atom is -0.459 e. The van der Waals surface area contributed by atoms with Crippen molar-refractivity contribution in [2.75, 3.05) is 13.2 Å². The molecule has 72 heavy (non-hydrogen) atoms. The van der Waals surface area contributed by atoms with Crippen molar-refractivity contribution in [3.05, 3.63) is 12.2 Å². The van der Waals surface area contributed by atoms with Crippen molar-refractivity contribution in [2.45, 2.75) is 134 Å². The predicted octanol–water partition coefficient (Wildman–Crippen LogP) is 11.3. The van der Waals surface area contributed by atoms with Crippen molar-refractivity contribution in [2.24, 2.45) is 0 Å². The molecule has 8 nitrogen and oxygen atoms in total. The smallest absolute Gasteiger partial charge is 0.459 e. The molecule has 0 saturated carbocycles. The van der Waals surface area contributed by atoms with Gasteiger partial charge in [0.2, 0.25) is 0 Å². The summed E-state index contributed by atoms with van der Waals surface area (Å²) in [7, 11) is 0. The average molecular weight is 1150 g/mol. The van der Waals surface area contributed by atoms with Crippen LogP contribution in [-0.4, -0.2) is 145 Å². The Kier molecular flexibility index (Phi) is 18.5. The summed E-state index contributed by atoms with van der Waals surface area (Å²) < 4.78 is 476. The molecular formula is C30H18F34O8. The molecule has 0 rings (SSSR count). The number of hydrogen-bond acceptors (Lipinski definition) is 8. The summed E-state index contributed by atoms with van der Waals surface area (Å²) in [4.78, 5) is 46.1. The van der Waals surface area contributed by atoms with Gasteiger partial charge in [0.1, 0.15) is 25.4 Å². The highest BCUT2D eigenvalue weighted by Gasteiger charge is 2.97. The van der Waals surface area contributed by atoms with E-state index in [1.54, 1.807) is 0 Å². The van der Waals surface area contributed by atoms with Gasteiger partial charge in [-0.25, -0.2) is 9.59 Å². The second kappa shape index (κ2) is 19.8. The van der Waals surface area contributed by atoms with Crippen LogP contribution in [0.2, 0.25) is 0 Å². The molecule has 0 aliphatic heterocycles. The lowest BCUT2D eigenvalue weighted by atomic mass is 9.87. The van der Waals surface area contributed by atoms with Crippen LogP contribution in [-0.2, 0) is 38.1 Å². The van der Waals surface area contributed by atoms with E-state index < -0.39 is 170 Å². The van der Waals surface area contributed by atoms with Crippen molar-refractivity contribution in [3.8, 4) is 0 Å². The average Bonchev–Trinajstić information content (AvgIpc) is 3.15. The number of ether oxygens (including phenoxy) is 4. The van der Waals surface area contributed by atoms with Gasteiger partial charge in [0.05, 0.1) is 12.8 Å². The van der Waals surface area contributed by atoms with E-state index in [-0.39, 0.29) is 13.8 Å². The van der Waals surface area contributed by atoms with E-state index in [0.717, 1.165) is 0 Å². The van der Waals surface area contributed by atoms with E-state index in [2.05, 4.69) is 18.9 Å². The van der Waals surface area contributed by atoms with Crippen molar-refractivity contribution in [1.82, 2.24) is 0 Å². The molecule has 0 aromatic rings. The van der Waals surface area contributed by atoms with Crippen molar-refractivity contribution in [3.63, 3.8) is 0 Å². The van der Waals surface area contributed by atoms with Crippen LogP contribution in [0.5, 0.6) is 0 Å². The van der Waals surface area contributed by atoms with Crippen LogP contribution in [0.25, 0.3) is 0 Å². The first kappa shape index (κ1) is 67.2. The molecule has 2 unspecified atom stereocenters. The standard InChI is InChI=1S/C30H18F34O8/c1-9(65)71-11(5-15(31,32)17(35,36)19(39,40)21(43,44)23(47,48)25(51,52)27(55,56)29(59,60)61)7-69-13(67)3-4-14(68)70-8-12(72-10(2)66)6-16(33,34)18(37,38)20(41,42)22(45,46)24(49,50)26(53,54)28(57,58)30(62,63)64/h3-4,11-12H,5-8H2,1-2H3/b4-3-. The summed E-state index contributed by atoms with van der Waals surface area (Å²) in [6.45, 7) is -4.65. The quantitative estimate of drug-likeness (QED) is 0.0407. The van der Waals surface area contributed by atoms with Crippen molar-refractivity contribution in [1.29, 1.82) is 0 Å². The molecule has 424 valence electrons. The monoisotopic (exact) mass is 1150 g/mol. The van der Waals surface area contributed by atoms with Gasteiger partial charge >= 0.3 is 119 Å². The number of alkyl halides is 34. The summed E-state index contributed by atoms with van der Waals surface area (Å²) in [5.74, 6) is -129.